The Hall–Kier alpha value is -3.60. The molecule has 0 saturated heterocycles. The van der Waals surface area contributed by atoms with Crippen LogP contribution < -0.4 is 20.1 Å². The summed E-state index contributed by atoms with van der Waals surface area (Å²) in [6.45, 7) is 4.01. The van der Waals surface area contributed by atoms with Crippen LogP contribution in [-0.2, 0) is 11.8 Å². The van der Waals surface area contributed by atoms with Crippen molar-refractivity contribution in [3.8, 4) is 22.8 Å². The highest BCUT2D eigenvalue weighted by atomic mass is 127. The first-order valence-corrected chi connectivity index (χ1v) is 12.0. The lowest BCUT2D eigenvalue weighted by Crippen LogP contribution is -2.11. The van der Waals surface area contributed by atoms with E-state index in [4.69, 9.17) is 14.5 Å². The molecule has 2 heterocycles. The van der Waals surface area contributed by atoms with E-state index in [1.165, 1.54) is 6.08 Å². The van der Waals surface area contributed by atoms with Crippen molar-refractivity contribution in [1.82, 2.24) is 14.5 Å². The maximum atomic E-state index is 12.0. The van der Waals surface area contributed by atoms with Crippen LogP contribution in [0.1, 0.15) is 0 Å². The highest BCUT2D eigenvalue weighted by Gasteiger charge is 2.16. The van der Waals surface area contributed by atoms with Gasteiger partial charge in [-0.2, -0.15) is 0 Å². The van der Waals surface area contributed by atoms with E-state index >= 15 is 0 Å². The van der Waals surface area contributed by atoms with Crippen molar-refractivity contribution in [2.45, 2.75) is 0 Å². The number of alkyl halides is 1. The molecule has 0 spiro atoms. The second-order valence-electron chi connectivity index (χ2n) is 7.34. The second kappa shape index (κ2) is 10.6. The molecule has 2 N–H and O–H groups in total. The van der Waals surface area contributed by atoms with Crippen LogP contribution in [0.15, 0.2) is 67.5 Å². The Labute approximate surface area is 211 Å². The molecule has 174 valence electrons. The van der Waals surface area contributed by atoms with Gasteiger partial charge in [-0.25, -0.2) is 9.97 Å². The molecule has 9 heteroatoms. The van der Waals surface area contributed by atoms with E-state index in [9.17, 15) is 4.79 Å². The largest absolute Gasteiger partial charge is 0.494 e. The van der Waals surface area contributed by atoms with Crippen LogP contribution in [0, 0.1) is 0 Å². The van der Waals surface area contributed by atoms with Gasteiger partial charge in [0.25, 0.3) is 0 Å². The van der Waals surface area contributed by atoms with Gasteiger partial charge in [-0.3, -0.25) is 4.79 Å². The van der Waals surface area contributed by atoms with E-state index in [1.807, 2.05) is 25.2 Å². The Morgan fingerprint density at radius 2 is 2.03 bits per heavy atom. The number of methoxy groups -OCH3 is 1. The molecule has 2 aromatic heterocycles. The number of rotatable bonds is 9. The normalized spacial score (nSPS) is 10.7. The second-order valence-corrected chi connectivity index (χ2v) is 8.42. The van der Waals surface area contributed by atoms with E-state index in [2.05, 4.69) is 67.7 Å². The summed E-state index contributed by atoms with van der Waals surface area (Å²) in [5.74, 6) is 1.08. The number of fused-ring (bicyclic) bond motifs is 1. The Bertz CT molecular complexity index is 1350. The van der Waals surface area contributed by atoms with Crippen LogP contribution in [0.25, 0.3) is 22.2 Å². The molecule has 0 aliphatic rings. The van der Waals surface area contributed by atoms with E-state index in [0.717, 1.165) is 26.6 Å². The van der Waals surface area contributed by atoms with E-state index in [1.54, 1.807) is 25.4 Å². The van der Waals surface area contributed by atoms with Gasteiger partial charge >= 0.3 is 0 Å². The molecule has 4 rings (SSSR count). The Balaban J connectivity index is 1.71. The monoisotopic (exact) mass is 569 g/mol. The molecule has 0 aliphatic carbocycles. The molecule has 4 aromatic rings. The highest BCUT2D eigenvalue weighted by Crippen LogP contribution is 2.38. The van der Waals surface area contributed by atoms with Gasteiger partial charge in [-0.05, 0) is 24.3 Å². The summed E-state index contributed by atoms with van der Waals surface area (Å²) >= 11 is 2.22. The summed E-state index contributed by atoms with van der Waals surface area (Å²) in [5, 5.41) is 7.11. The number of aromatic nitrogens is 3. The molecule has 0 aliphatic heterocycles. The molecular weight excluding hydrogens is 545 g/mol. The molecule has 34 heavy (non-hydrogen) atoms. The third-order valence-electron chi connectivity index (χ3n) is 5.15. The first kappa shape index (κ1) is 23.6. The third-order valence-corrected chi connectivity index (χ3v) is 5.60. The summed E-state index contributed by atoms with van der Waals surface area (Å²) in [5.41, 5.74) is 3.99. The van der Waals surface area contributed by atoms with E-state index < -0.39 is 0 Å². The fourth-order valence-electron chi connectivity index (χ4n) is 3.61. The number of nitrogens with zero attached hydrogens (tertiary/aromatic N) is 3. The SMILES string of the molecule is C=CC(=O)Nc1cc(Nc2nccc(-c3cn(C)c4ccccc34)n2)c(OC)cc1OCCI. The summed E-state index contributed by atoms with van der Waals surface area (Å²) in [4.78, 5) is 21.1. The molecule has 0 radical (unpaired) electrons. The molecule has 0 fully saturated rings. The summed E-state index contributed by atoms with van der Waals surface area (Å²) < 4.78 is 14.2. The molecular formula is C25H24IN5O3. The van der Waals surface area contributed by atoms with E-state index in [0.29, 0.717) is 35.4 Å². The Kier molecular flexibility index (Phi) is 7.31. The molecule has 8 nitrogen and oxygen atoms in total. The number of hydrogen-bond donors (Lipinski definition) is 2. The maximum absolute atomic E-state index is 12.0. The van der Waals surface area contributed by atoms with Crippen molar-refractivity contribution in [2.24, 2.45) is 7.05 Å². The minimum absolute atomic E-state index is 0.343. The van der Waals surface area contributed by atoms with Gasteiger partial charge in [0.2, 0.25) is 11.9 Å². The van der Waals surface area contributed by atoms with Crippen LogP contribution in [0.4, 0.5) is 17.3 Å². The highest BCUT2D eigenvalue weighted by molar-refractivity contribution is 14.1. The van der Waals surface area contributed by atoms with Crippen LogP contribution in [0.3, 0.4) is 0 Å². The lowest BCUT2D eigenvalue weighted by atomic mass is 10.1. The topological polar surface area (TPSA) is 90.3 Å². The summed E-state index contributed by atoms with van der Waals surface area (Å²) in [7, 11) is 3.58. The predicted molar refractivity (Wildman–Crippen MR) is 143 cm³/mol. The number of aryl methyl sites for hydroxylation is 1. The van der Waals surface area contributed by atoms with Gasteiger partial charge in [-0.15, -0.1) is 0 Å². The molecule has 0 atom stereocenters. The lowest BCUT2D eigenvalue weighted by molar-refractivity contribution is -0.111. The maximum Gasteiger partial charge on any atom is 0.247 e. The first-order valence-electron chi connectivity index (χ1n) is 10.5. The van der Waals surface area contributed by atoms with Gasteiger partial charge < -0.3 is 24.7 Å². The number of halogens is 1. The first-order chi connectivity index (χ1) is 16.5. The fraction of sp³-hybridized carbons (Fsp3) is 0.160. The number of amides is 1. The average molecular weight is 569 g/mol. The number of ether oxygens (including phenoxy) is 2. The lowest BCUT2D eigenvalue weighted by Gasteiger charge is -2.17. The third kappa shape index (κ3) is 4.98. The smallest absolute Gasteiger partial charge is 0.247 e. The van der Waals surface area contributed by atoms with Gasteiger partial charge in [0.1, 0.15) is 11.5 Å². The minimum Gasteiger partial charge on any atom is -0.494 e. The van der Waals surface area contributed by atoms with Crippen LogP contribution in [-0.4, -0.2) is 38.6 Å². The number of carbonyl (C=O) groups is 1. The molecule has 0 bridgehead atoms. The quantitative estimate of drug-likeness (QED) is 0.161. The molecule has 2 aromatic carbocycles. The minimum atomic E-state index is -0.343. The average Bonchev–Trinajstić information content (AvgIpc) is 3.20. The van der Waals surface area contributed by atoms with Crippen LogP contribution in [0.5, 0.6) is 11.5 Å². The number of anilines is 3. The summed E-state index contributed by atoms with van der Waals surface area (Å²) in [6, 6.07) is 13.5. The standard InChI is InChI=1S/C25H24IN5O3/c1-4-24(32)28-20-13-19(22(33-3)14-23(20)34-12-10-26)30-25-27-11-9-18(29-25)17-15-31(2)21-8-6-5-7-16(17)21/h4-9,11,13-15H,1,10,12H2,2-3H3,(H,28,32)(H,27,29,30). The van der Waals surface area contributed by atoms with Crippen molar-refractivity contribution >= 4 is 56.7 Å². The Morgan fingerprint density at radius 1 is 1.21 bits per heavy atom. The van der Waals surface area contributed by atoms with Gasteiger partial charge in [0.05, 0.1) is 30.8 Å². The molecule has 0 unspecified atom stereocenters. The number of para-hydroxylation sites is 1. The van der Waals surface area contributed by atoms with Crippen molar-refractivity contribution < 1.29 is 14.3 Å². The van der Waals surface area contributed by atoms with Crippen molar-refractivity contribution in [2.75, 3.05) is 28.8 Å². The van der Waals surface area contributed by atoms with Crippen molar-refractivity contribution in [1.29, 1.82) is 0 Å². The summed E-state index contributed by atoms with van der Waals surface area (Å²) in [6.07, 6.45) is 4.97. The van der Waals surface area contributed by atoms with Gasteiger partial charge in [0, 0.05) is 46.4 Å². The molecule has 1 amide bonds. The fourth-order valence-corrected chi connectivity index (χ4v) is 3.83. The zero-order chi connectivity index (χ0) is 24.1. The molecule has 0 saturated carbocycles. The van der Waals surface area contributed by atoms with Crippen LogP contribution in [0.2, 0.25) is 0 Å². The number of carbonyl (C=O) groups excluding carboxylic acids is 1. The van der Waals surface area contributed by atoms with Gasteiger partial charge in [-0.1, -0.05) is 47.4 Å². The number of benzene rings is 2. The number of hydrogen-bond acceptors (Lipinski definition) is 6. The van der Waals surface area contributed by atoms with E-state index in [-0.39, 0.29) is 5.91 Å². The Morgan fingerprint density at radius 3 is 2.79 bits per heavy atom. The van der Waals surface area contributed by atoms with Crippen LogP contribution >= 0.6 is 22.6 Å². The van der Waals surface area contributed by atoms with Gasteiger partial charge in [0.15, 0.2) is 0 Å². The van der Waals surface area contributed by atoms with Crippen molar-refractivity contribution in [3.63, 3.8) is 0 Å². The zero-order valence-electron chi connectivity index (χ0n) is 18.8. The predicted octanol–water partition coefficient (Wildman–Crippen LogP) is 5.33. The van der Waals surface area contributed by atoms with Crippen molar-refractivity contribution in [3.05, 3.63) is 67.5 Å². The number of nitrogens with one attached hydrogen (secondary N) is 2. The zero-order valence-corrected chi connectivity index (χ0v) is 21.0.